The van der Waals surface area contributed by atoms with Crippen molar-refractivity contribution in [1.82, 2.24) is 0 Å². The van der Waals surface area contributed by atoms with E-state index in [1.807, 2.05) is 30.3 Å². The van der Waals surface area contributed by atoms with Crippen LogP contribution in [0.3, 0.4) is 0 Å². The molecule has 3 aromatic rings. The second-order valence-electron chi connectivity index (χ2n) is 5.34. The minimum Gasteiger partial charge on any atom is -0.457 e. The van der Waals surface area contributed by atoms with Gasteiger partial charge in [-0.2, -0.15) is 0 Å². The van der Waals surface area contributed by atoms with E-state index < -0.39 is 5.97 Å². The van der Waals surface area contributed by atoms with Crippen molar-refractivity contribution in [3.05, 3.63) is 78.4 Å². The molecule has 0 amide bonds. The average Bonchev–Trinajstić information content (AvgIpc) is 3.11. The minimum absolute atomic E-state index is 0.176. The van der Waals surface area contributed by atoms with Gasteiger partial charge in [0.05, 0.1) is 5.56 Å². The largest absolute Gasteiger partial charge is 0.457 e. The first-order valence-electron chi connectivity index (χ1n) is 7.73. The van der Waals surface area contributed by atoms with Crippen LogP contribution in [0.2, 0.25) is 0 Å². The van der Waals surface area contributed by atoms with E-state index in [2.05, 4.69) is 0 Å². The van der Waals surface area contributed by atoms with Gasteiger partial charge in [0, 0.05) is 6.07 Å². The fourth-order valence-electron chi connectivity index (χ4n) is 2.39. The second-order valence-corrected chi connectivity index (χ2v) is 5.34. The molecule has 3 aromatic carbocycles. The van der Waals surface area contributed by atoms with E-state index in [0.717, 1.165) is 5.75 Å². The highest BCUT2D eigenvalue weighted by molar-refractivity contribution is 5.91. The summed E-state index contributed by atoms with van der Waals surface area (Å²) in [4.78, 5) is 12.2. The molecule has 5 nitrogen and oxygen atoms in total. The lowest BCUT2D eigenvalue weighted by Gasteiger charge is -2.07. The van der Waals surface area contributed by atoms with E-state index in [0.29, 0.717) is 28.6 Å². The van der Waals surface area contributed by atoms with Crippen molar-refractivity contribution in [1.29, 1.82) is 0 Å². The summed E-state index contributed by atoms with van der Waals surface area (Å²) in [5, 5.41) is 0. The van der Waals surface area contributed by atoms with Crippen LogP contribution in [-0.2, 0) is 0 Å². The van der Waals surface area contributed by atoms with E-state index >= 15 is 0 Å². The van der Waals surface area contributed by atoms with Gasteiger partial charge in [-0.15, -0.1) is 0 Å². The monoisotopic (exact) mass is 334 g/mol. The Bertz CT molecular complexity index is 888. The number of carbonyl (C=O) groups is 1. The maximum absolute atomic E-state index is 12.2. The van der Waals surface area contributed by atoms with Crippen LogP contribution in [0.25, 0.3) is 0 Å². The molecule has 1 aliphatic rings. The average molecular weight is 334 g/mol. The lowest BCUT2D eigenvalue weighted by atomic mass is 10.2. The number of benzene rings is 3. The molecule has 1 heterocycles. The van der Waals surface area contributed by atoms with Crippen LogP contribution in [-0.4, -0.2) is 12.8 Å². The fourth-order valence-corrected chi connectivity index (χ4v) is 2.39. The second kappa shape index (κ2) is 6.57. The predicted molar refractivity (Wildman–Crippen MR) is 90.5 cm³/mol. The highest BCUT2D eigenvalue weighted by Gasteiger charge is 2.16. The van der Waals surface area contributed by atoms with Crippen LogP contribution in [0.4, 0.5) is 0 Å². The van der Waals surface area contributed by atoms with Gasteiger partial charge < -0.3 is 18.9 Å². The Labute approximate surface area is 144 Å². The normalized spacial score (nSPS) is 11.8. The zero-order valence-electron chi connectivity index (χ0n) is 13.2. The standard InChI is InChI=1S/C20H14O5/c21-20(25-17-10-11-18-19(12-17)23-13-22-18)14-6-8-16(9-7-14)24-15-4-2-1-3-5-15/h1-12H,13H2. The molecule has 0 saturated carbocycles. The highest BCUT2D eigenvalue weighted by atomic mass is 16.7. The van der Waals surface area contributed by atoms with Crippen molar-refractivity contribution in [2.45, 2.75) is 0 Å². The maximum Gasteiger partial charge on any atom is 0.343 e. The van der Waals surface area contributed by atoms with Crippen LogP contribution in [0.15, 0.2) is 72.8 Å². The van der Waals surface area contributed by atoms with E-state index in [4.69, 9.17) is 18.9 Å². The zero-order chi connectivity index (χ0) is 17.1. The summed E-state index contributed by atoms with van der Waals surface area (Å²) in [7, 11) is 0. The maximum atomic E-state index is 12.2. The number of carbonyl (C=O) groups excluding carboxylic acids is 1. The first kappa shape index (κ1) is 15.1. The van der Waals surface area contributed by atoms with E-state index in [1.54, 1.807) is 42.5 Å². The molecule has 0 unspecified atom stereocenters. The van der Waals surface area contributed by atoms with Crippen molar-refractivity contribution >= 4 is 5.97 Å². The molecule has 25 heavy (non-hydrogen) atoms. The molecule has 4 rings (SSSR count). The van der Waals surface area contributed by atoms with Gasteiger partial charge in [-0.1, -0.05) is 18.2 Å². The minimum atomic E-state index is -0.454. The van der Waals surface area contributed by atoms with Gasteiger partial charge in [-0.05, 0) is 48.5 Å². The Morgan fingerprint density at radius 2 is 1.44 bits per heavy atom. The first-order valence-corrected chi connectivity index (χ1v) is 7.73. The summed E-state index contributed by atoms with van der Waals surface area (Å²) < 4.78 is 21.6. The summed E-state index contributed by atoms with van der Waals surface area (Å²) in [6.07, 6.45) is 0. The summed E-state index contributed by atoms with van der Waals surface area (Å²) >= 11 is 0. The number of para-hydroxylation sites is 1. The quantitative estimate of drug-likeness (QED) is 0.522. The molecule has 0 saturated heterocycles. The number of hydrogen-bond acceptors (Lipinski definition) is 5. The van der Waals surface area contributed by atoms with Gasteiger partial charge >= 0.3 is 5.97 Å². The fraction of sp³-hybridized carbons (Fsp3) is 0.0500. The molecule has 0 fully saturated rings. The molecule has 0 spiro atoms. The van der Waals surface area contributed by atoms with E-state index in [9.17, 15) is 4.79 Å². The van der Waals surface area contributed by atoms with Crippen LogP contribution in [0.5, 0.6) is 28.7 Å². The SMILES string of the molecule is O=C(Oc1ccc2c(c1)OCO2)c1ccc(Oc2ccccc2)cc1. The van der Waals surface area contributed by atoms with Crippen LogP contribution < -0.4 is 18.9 Å². The lowest BCUT2D eigenvalue weighted by Crippen LogP contribution is -2.08. The molecule has 0 radical (unpaired) electrons. The topological polar surface area (TPSA) is 54.0 Å². The number of hydrogen-bond donors (Lipinski definition) is 0. The third-order valence-electron chi connectivity index (χ3n) is 3.62. The molecule has 0 aliphatic carbocycles. The summed E-state index contributed by atoms with van der Waals surface area (Å²) in [5.74, 6) is 2.53. The highest BCUT2D eigenvalue weighted by Crippen LogP contribution is 2.35. The van der Waals surface area contributed by atoms with Gasteiger partial charge in [0.1, 0.15) is 17.2 Å². The van der Waals surface area contributed by atoms with Crippen LogP contribution in [0, 0.1) is 0 Å². The first-order chi connectivity index (χ1) is 12.3. The lowest BCUT2D eigenvalue weighted by molar-refractivity contribution is 0.0734. The third kappa shape index (κ3) is 3.40. The Kier molecular flexibility index (Phi) is 3.96. The molecule has 124 valence electrons. The summed E-state index contributed by atoms with van der Waals surface area (Å²) in [6, 6.07) is 21.2. The number of ether oxygens (including phenoxy) is 4. The number of esters is 1. The molecular formula is C20H14O5. The van der Waals surface area contributed by atoms with Crippen LogP contribution in [0.1, 0.15) is 10.4 Å². The van der Waals surface area contributed by atoms with Gasteiger partial charge in [-0.25, -0.2) is 4.79 Å². The molecule has 5 heteroatoms. The van der Waals surface area contributed by atoms with Crippen molar-refractivity contribution in [3.63, 3.8) is 0 Å². The van der Waals surface area contributed by atoms with Crippen molar-refractivity contribution in [3.8, 4) is 28.7 Å². The molecule has 0 atom stereocenters. The Hall–Kier alpha value is -3.47. The molecular weight excluding hydrogens is 320 g/mol. The molecule has 0 bridgehead atoms. The van der Waals surface area contributed by atoms with Gasteiger partial charge in [0.25, 0.3) is 0 Å². The van der Waals surface area contributed by atoms with Gasteiger partial charge in [0.2, 0.25) is 6.79 Å². The molecule has 1 aliphatic heterocycles. The van der Waals surface area contributed by atoms with Crippen molar-refractivity contribution < 1.29 is 23.7 Å². The molecule has 0 aromatic heterocycles. The van der Waals surface area contributed by atoms with Crippen LogP contribution >= 0.6 is 0 Å². The van der Waals surface area contributed by atoms with Gasteiger partial charge in [-0.3, -0.25) is 0 Å². The summed E-state index contributed by atoms with van der Waals surface area (Å²) in [6.45, 7) is 0.176. The van der Waals surface area contributed by atoms with Crippen molar-refractivity contribution in [2.24, 2.45) is 0 Å². The van der Waals surface area contributed by atoms with Crippen molar-refractivity contribution in [2.75, 3.05) is 6.79 Å². The smallest absolute Gasteiger partial charge is 0.343 e. The predicted octanol–water partition coefficient (Wildman–Crippen LogP) is 4.43. The number of rotatable bonds is 4. The Balaban J connectivity index is 1.44. The Morgan fingerprint density at radius 1 is 0.760 bits per heavy atom. The van der Waals surface area contributed by atoms with E-state index in [-0.39, 0.29) is 6.79 Å². The zero-order valence-corrected chi connectivity index (χ0v) is 13.2. The van der Waals surface area contributed by atoms with E-state index in [1.165, 1.54) is 0 Å². The summed E-state index contributed by atoms with van der Waals surface area (Å²) in [5.41, 5.74) is 0.429. The third-order valence-corrected chi connectivity index (χ3v) is 3.62. The molecule has 0 N–H and O–H groups in total. The van der Waals surface area contributed by atoms with Gasteiger partial charge in [0.15, 0.2) is 11.5 Å². The Morgan fingerprint density at radius 3 is 2.24 bits per heavy atom. The number of fused-ring (bicyclic) bond motifs is 1.